The first-order valence-corrected chi connectivity index (χ1v) is 16.5. The van der Waals surface area contributed by atoms with Crippen LogP contribution in [0.3, 0.4) is 0 Å². The molecule has 0 aromatic heterocycles. The summed E-state index contributed by atoms with van der Waals surface area (Å²) in [6.07, 6.45) is 3.13. The molecule has 1 saturated heterocycles. The lowest BCUT2D eigenvalue weighted by atomic mass is 9.91. The SMILES string of the molecule is CC[C@H](C(=O)N1CCCC[C@H]1C(=O)O[C@H](CCc1ccc(OC)c(OC)c1)c1cccc(OCC(=O)O)c1)c1cc(OC)c(C=O)c(OC)c1. The maximum absolute atomic E-state index is 14.2. The second-order valence-corrected chi connectivity index (χ2v) is 11.9. The van der Waals surface area contributed by atoms with Crippen LogP contribution in [0.15, 0.2) is 54.6 Å². The maximum Gasteiger partial charge on any atom is 0.341 e. The topological polar surface area (TPSA) is 147 Å². The molecule has 0 aliphatic carbocycles. The highest BCUT2D eigenvalue weighted by molar-refractivity contribution is 5.90. The Hall–Kier alpha value is -5.26. The number of carboxylic acid groups (broad SMARTS) is 1. The first kappa shape index (κ1) is 37.6. The van der Waals surface area contributed by atoms with Crippen LogP contribution in [-0.2, 0) is 25.5 Å². The Morgan fingerprint density at radius 3 is 2.20 bits per heavy atom. The van der Waals surface area contributed by atoms with Gasteiger partial charge in [0.2, 0.25) is 5.91 Å². The zero-order valence-electron chi connectivity index (χ0n) is 29.1. The molecular formula is C38H45NO11. The van der Waals surface area contributed by atoms with Gasteiger partial charge >= 0.3 is 11.9 Å². The van der Waals surface area contributed by atoms with E-state index < -0.39 is 36.6 Å². The van der Waals surface area contributed by atoms with Gasteiger partial charge in [-0.25, -0.2) is 9.59 Å². The Labute approximate surface area is 292 Å². The zero-order valence-corrected chi connectivity index (χ0v) is 29.1. The summed E-state index contributed by atoms with van der Waals surface area (Å²) in [5, 5.41) is 9.11. The molecule has 50 heavy (non-hydrogen) atoms. The number of likely N-dealkylation sites (tertiary alicyclic amines) is 1. The van der Waals surface area contributed by atoms with Crippen LogP contribution in [-0.4, -0.2) is 81.8 Å². The normalized spacial score (nSPS) is 15.3. The third kappa shape index (κ3) is 9.04. The fourth-order valence-electron chi connectivity index (χ4n) is 6.27. The van der Waals surface area contributed by atoms with E-state index in [1.54, 1.807) is 55.5 Å². The summed E-state index contributed by atoms with van der Waals surface area (Å²) in [4.78, 5) is 52.8. The highest BCUT2D eigenvalue weighted by Gasteiger charge is 2.38. The van der Waals surface area contributed by atoms with Crippen molar-refractivity contribution in [3.8, 4) is 28.7 Å². The molecule has 0 saturated carbocycles. The highest BCUT2D eigenvalue weighted by atomic mass is 16.5. The number of esters is 1. The summed E-state index contributed by atoms with van der Waals surface area (Å²) in [5.41, 5.74) is 2.41. The van der Waals surface area contributed by atoms with E-state index >= 15 is 0 Å². The average Bonchev–Trinajstić information content (AvgIpc) is 3.15. The molecule has 3 aromatic rings. The largest absolute Gasteiger partial charge is 0.496 e. The molecule has 1 aliphatic heterocycles. The van der Waals surface area contributed by atoms with Gasteiger partial charge in [0, 0.05) is 6.54 Å². The number of nitrogens with zero attached hydrogens (tertiary/aromatic N) is 1. The van der Waals surface area contributed by atoms with Gasteiger partial charge in [0.05, 0.1) is 39.9 Å². The zero-order chi connectivity index (χ0) is 36.2. The van der Waals surface area contributed by atoms with E-state index in [1.165, 1.54) is 14.2 Å². The molecule has 3 aromatic carbocycles. The lowest BCUT2D eigenvalue weighted by Gasteiger charge is -2.37. The number of benzene rings is 3. The van der Waals surface area contributed by atoms with Crippen LogP contribution in [0.5, 0.6) is 28.7 Å². The first-order valence-electron chi connectivity index (χ1n) is 16.5. The van der Waals surface area contributed by atoms with E-state index in [0.29, 0.717) is 78.4 Å². The molecule has 0 bridgehead atoms. The van der Waals surface area contributed by atoms with Crippen molar-refractivity contribution >= 4 is 24.1 Å². The van der Waals surface area contributed by atoms with Crippen molar-refractivity contribution in [2.75, 3.05) is 41.6 Å². The third-order valence-corrected chi connectivity index (χ3v) is 8.84. The molecule has 1 N–H and O–H groups in total. The van der Waals surface area contributed by atoms with Crippen molar-refractivity contribution in [2.24, 2.45) is 0 Å². The van der Waals surface area contributed by atoms with Crippen molar-refractivity contribution in [1.29, 1.82) is 0 Å². The van der Waals surface area contributed by atoms with Gasteiger partial charge in [-0.1, -0.05) is 25.1 Å². The van der Waals surface area contributed by atoms with Gasteiger partial charge in [-0.15, -0.1) is 0 Å². The number of methoxy groups -OCH3 is 4. The molecule has 1 heterocycles. The van der Waals surface area contributed by atoms with Crippen molar-refractivity contribution < 1.29 is 52.7 Å². The number of ether oxygens (including phenoxy) is 6. The van der Waals surface area contributed by atoms with E-state index in [0.717, 1.165) is 18.4 Å². The quantitative estimate of drug-likeness (QED) is 0.136. The minimum Gasteiger partial charge on any atom is -0.496 e. The van der Waals surface area contributed by atoms with Gasteiger partial charge < -0.3 is 38.4 Å². The minimum absolute atomic E-state index is 0.233. The molecule has 3 atom stereocenters. The molecule has 268 valence electrons. The predicted molar refractivity (Wildman–Crippen MR) is 184 cm³/mol. The van der Waals surface area contributed by atoms with Crippen molar-refractivity contribution in [3.63, 3.8) is 0 Å². The Kier molecular flexibility index (Phi) is 13.5. The number of aryl methyl sites for hydroxylation is 1. The van der Waals surface area contributed by atoms with Gasteiger partial charge in [-0.3, -0.25) is 9.59 Å². The lowest BCUT2D eigenvalue weighted by molar-refractivity contribution is -0.162. The number of carbonyl (C=O) groups is 4. The second kappa shape index (κ2) is 17.9. The van der Waals surface area contributed by atoms with Gasteiger partial charge in [0.15, 0.2) is 24.4 Å². The number of aldehydes is 1. The van der Waals surface area contributed by atoms with Gasteiger partial charge in [-0.2, -0.15) is 0 Å². The molecule has 4 rings (SSSR count). The minimum atomic E-state index is -1.11. The number of carboxylic acids is 1. The third-order valence-electron chi connectivity index (χ3n) is 8.84. The molecule has 1 aliphatic rings. The summed E-state index contributed by atoms with van der Waals surface area (Å²) in [7, 11) is 6.01. The Morgan fingerprint density at radius 2 is 1.58 bits per heavy atom. The number of carbonyl (C=O) groups excluding carboxylic acids is 3. The van der Waals surface area contributed by atoms with Crippen molar-refractivity contribution in [1.82, 2.24) is 4.90 Å². The Balaban J connectivity index is 1.62. The second-order valence-electron chi connectivity index (χ2n) is 11.9. The van der Waals surface area contributed by atoms with E-state index in [2.05, 4.69) is 0 Å². The molecule has 0 spiro atoms. The summed E-state index contributed by atoms with van der Waals surface area (Å²) >= 11 is 0. The number of rotatable bonds is 17. The molecule has 0 unspecified atom stereocenters. The van der Waals surface area contributed by atoms with Crippen LogP contribution in [0, 0.1) is 0 Å². The number of aliphatic carboxylic acids is 1. The molecular weight excluding hydrogens is 646 g/mol. The highest BCUT2D eigenvalue weighted by Crippen LogP contribution is 2.36. The number of hydrogen-bond acceptors (Lipinski definition) is 10. The van der Waals surface area contributed by atoms with E-state index in [1.807, 2.05) is 25.1 Å². The fourth-order valence-corrected chi connectivity index (χ4v) is 6.27. The van der Waals surface area contributed by atoms with Gasteiger partial charge in [0.25, 0.3) is 0 Å². The molecule has 0 radical (unpaired) electrons. The van der Waals surface area contributed by atoms with Crippen LogP contribution < -0.4 is 23.7 Å². The summed E-state index contributed by atoms with van der Waals surface area (Å²) in [5.74, 6) is -0.441. The van der Waals surface area contributed by atoms with Crippen LogP contribution in [0.1, 0.15) is 78.1 Å². The Bertz CT molecular complexity index is 1630. The van der Waals surface area contributed by atoms with Crippen LogP contribution in [0.25, 0.3) is 0 Å². The summed E-state index contributed by atoms with van der Waals surface area (Å²) < 4.78 is 33.4. The first-order chi connectivity index (χ1) is 24.2. The van der Waals surface area contributed by atoms with Crippen molar-refractivity contribution in [2.45, 2.75) is 63.5 Å². The van der Waals surface area contributed by atoms with Crippen molar-refractivity contribution in [3.05, 3.63) is 76.9 Å². The Morgan fingerprint density at radius 1 is 0.880 bits per heavy atom. The maximum atomic E-state index is 14.2. The van der Waals surface area contributed by atoms with Gasteiger partial charge in [-0.05, 0) is 91.6 Å². The molecule has 12 nitrogen and oxygen atoms in total. The lowest BCUT2D eigenvalue weighted by Crippen LogP contribution is -2.50. The molecule has 12 heteroatoms. The van der Waals surface area contributed by atoms with Crippen LogP contribution >= 0.6 is 0 Å². The fraction of sp³-hybridized carbons (Fsp3) is 0.421. The van der Waals surface area contributed by atoms with E-state index in [9.17, 15) is 19.2 Å². The van der Waals surface area contributed by atoms with E-state index in [-0.39, 0.29) is 11.5 Å². The summed E-state index contributed by atoms with van der Waals surface area (Å²) in [6.45, 7) is 1.74. The van der Waals surface area contributed by atoms with E-state index in [4.69, 9.17) is 33.5 Å². The molecule has 1 amide bonds. The van der Waals surface area contributed by atoms with Gasteiger partial charge in [0.1, 0.15) is 29.4 Å². The summed E-state index contributed by atoms with van der Waals surface area (Å²) in [6, 6.07) is 14.9. The number of amides is 1. The van der Waals surface area contributed by atoms with Crippen LogP contribution in [0.4, 0.5) is 0 Å². The smallest absolute Gasteiger partial charge is 0.341 e. The molecule has 1 fully saturated rings. The predicted octanol–water partition coefficient (Wildman–Crippen LogP) is 5.79. The average molecular weight is 692 g/mol. The van der Waals surface area contributed by atoms with Crippen LogP contribution in [0.2, 0.25) is 0 Å². The number of hydrogen-bond donors (Lipinski definition) is 1. The standard InChI is InChI=1S/C38H45NO11/c1-6-28(26-20-33(46-3)29(22-40)34(21-26)47-4)37(43)39-17-8-7-12-30(39)38(44)50-31(25-10-9-11-27(19-25)49-23-36(41)42)15-13-24-14-16-32(45-2)35(18-24)48-5/h9-11,14,16,18-22,28,30-31H,6-8,12-13,15,17,23H2,1-5H3,(H,41,42)/t28-,30-,31+/m0/s1. The monoisotopic (exact) mass is 691 g/mol. The number of piperidine rings is 1.